The van der Waals surface area contributed by atoms with Crippen LogP contribution >= 0.6 is 0 Å². The molecular weight excluding hydrogens is 124 g/mol. The van der Waals surface area contributed by atoms with Crippen molar-refractivity contribution < 1.29 is 5.11 Å². The summed E-state index contributed by atoms with van der Waals surface area (Å²) in [5, 5.41) is 8.93. The second kappa shape index (κ2) is 3.02. The van der Waals surface area contributed by atoms with Gasteiger partial charge in [-0.15, -0.1) is 6.58 Å². The second-order valence-corrected chi connectivity index (χ2v) is 2.84. The highest BCUT2D eigenvalue weighted by molar-refractivity contribution is 5.24. The van der Waals surface area contributed by atoms with Crippen LogP contribution in [0.25, 0.3) is 0 Å². The highest BCUT2D eigenvalue weighted by Gasteiger charge is 2.18. The molecule has 1 atom stereocenters. The van der Waals surface area contributed by atoms with Gasteiger partial charge in [0, 0.05) is 5.92 Å². The van der Waals surface area contributed by atoms with E-state index >= 15 is 0 Å². The molecule has 0 spiro atoms. The average molecular weight is 138 g/mol. The molecule has 0 aromatic rings. The number of allylic oxidation sites excluding steroid dienone is 2. The van der Waals surface area contributed by atoms with Crippen molar-refractivity contribution in [3.8, 4) is 0 Å². The Balaban J connectivity index is 2.75. The molecule has 0 radical (unpaired) electrons. The molecule has 1 rings (SSSR count). The lowest BCUT2D eigenvalue weighted by Gasteiger charge is -2.06. The normalized spacial score (nSPS) is 25.6. The number of aliphatic hydroxyl groups is 1. The molecule has 56 valence electrons. The Kier molecular flexibility index (Phi) is 2.28. The van der Waals surface area contributed by atoms with E-state index in [0.717, 1.165) is 12.8 Å². The van der Waals surface area contributed by atoms with Gasteiger partial charge in [0.25, 0.3) is 0 Å². The minimum Gasteiger partial charge on any atom is -0.392 e. The van der Waals surface area contributed by atoms with E-state index in [1.54, 1.807) is 0 Å². The van der Waals surface area contributed by atoms with E-state index in [1.165, 1.54) is 11.1 Å². The van der Waals surface area contributed by atoms with Crippen LogP contribution in [-0.2, 0) is 0 Å². The fourth-order valence-corrected chi connectivity index (χ4v) is 1.54. The van der Waals surface area contributed by atoms with Crippen LogP contribution in [0.15, 0.2) is 23.8 Å². The summed E-state index contributed by atoms with van der Waals surface area (Å²) in [5.41, 5.74) is 2.54. The molecule has 0 unspecified atom stereocenters. The lowest BCUT2D eigenvalue weighted by atomic mass is 10.0. The van der Waals surface area contributed by atoms with Crippen LogP contribution in [0.3, 0.4) is 0 Å². The summed E-state index contributed by atoms with van der Waals surface area (Å²) in [5.74, 6) is 0.449. The third-order valence-electron chi connectivity index (χ3n) is 2.28. The molecule has 1 nitrogen and oxygen atoms in total. The van der Waals surface area contributed by atoms with Gasteiger partial charge < -0.3 is 5.11 Å². The Morgan fingerprint density at radius 3 is 2.90 bits per heavy atom. The highest BCUT2D eigenvalue weighted by Crippen LogP contribution is 2.31. The highest BCUT2D eigenvalue weighted by atomic mass is 16.3. The van der Waals surface area contributed by atoms with E-state index in [1.807, 2.05) is 6.08 Å². The Morgan fingerprint density at radius 1 is 1.80 bits per heavy atom. The summed E-state index contributed by atoms with van der Waals surface area (Å²) in [7, 11) is 0. The quantitative estimate of drug-likeness (QED) is 0.578. The SMILES string of the molecule is C=C[C@H]1CCC(C)=C1CO. The molecule has 0 bridgehead atoms. The molecule has 1 aliphatic rings. The standard InChI is InChI=1S/C9H14O/c1-3-8-5-4-7(2)9(8)6-10/h3,8,10H,1,4-6H2,2H3/t8-/m0/s1. The zero-order valence-electron chi connectivity index (χ0n) is 6.43. The summed E-state index contributed by atoms with van der Waals surface area (Å²) < 4.78 is 0. The maximum atomic E-state index is 8.93. The van der Waals surface area contributed by atoms with Gasteiger partial charge in [0.1, 0.15) is 0 Å². The van der Waals surface area contributed by atoms with Gasteiger partial charge in [-0.3, -0.25) is 0 Å². The molecule has 0 aromatic carbocycles. The molecular formula is C9H14O. The van der Waals surface area contributed by atoms with E-state index in [0.29, 0.717) is 5.92 Å². The largest absolute Gasteiger partial charge is 0.392 e. The van der Waals surface area contributed by atoms with Gasteiger partial charge in [-0.25, -0.2) is 0 Å². The van der Waals surface area contributed by atoms with Crippen molar-refractivity contribution in [2.24, 2.45) is 5.92 Å². The molecule has 0 fully saturated rings. The number of rotatable bonds is 2. The van der Waals surface area contributed by atoms with Crippen LogP contribution < -0.4 is 0 Å². The van der Waals surface area contributed by atoms with E-state index < -0.39 is 0 Å². The average Bonchev–Trinajstić information content (AvgIpc) is 2.30. The van der Waals surface area contributed by atoms with Crippen molar-refractivity contribution in [1.82, 2.24) is 0 Å². The van der Waals surface area contributed by atoms with Crippen LogP contribution in [0.2, 0.25) is 0 Å². The van der Waals surface area contributed by atoms with E-state index in [2.05, 4.69) is 13.5 Å². The molecule has 0 aromatic heterocycles. The van der Waals surface area contributed by atoms with Crippen molar-refractivity contribution in [3.63, 3.8) is 0 Å². The van der Waals surface area contributed by atoms with Crippen LogP contribution in [0.4, 0.5) is 0 Å². The molecule has 0 amide bonds. The first-order valence-corrected chi connectivity index (χ1v) is 3.71. The zero-order valence-corrected chi connectivity index (χ0v) is 6.43. The first kappa shape index (κ1) is 7.55. The van der Waals surface area contributed by atoms with E-state index in [9.17, 15) is 0 Å². The first-order valence-electron chi connectivity index (χ1n) is 3.71. The maximum Gasteiger partial charge on any atom is 0.0650 e. The second-order valence-electron chi connectivity index (χ2n) is 2.84. The molecule has 0 heterocycles. The Labute approximate surface area is 62.1 Å². The predicted molar refractivity (Wildman–Crippen MR) is 42.7 cm³/mol. The first-order chi connectivity index (χ1) is 4.79. The Hall–Kier alpha value is -0.560. The molecule has 1 aliphatic carbocycles. The summed E-state index contributed by atoms with van der Waals surface area (Å²) >= 11 is 0. The van der Waals surface area contributed by atoms with Gasteiger partial charge in [-0.05, 0) is 25.3 Å². The summed E-state index contributed by atoms with van der Waals surface area (Å²) in [6.45, 7) is 6.03. The smallest absolute Gasteiger partial charge is 0.0650 e. The molecule has 1 heteroatoms. The minimum atomic E-state index is 0.211. The van der Waals surface area contributed by atoms with Crippen molar-refractivity contribution in [3.05, 3.63) is 23.8 Å². The van der Waals surface area contributed by atoms with Crippen molar-refractivity contribution in [2.45, 2.75) is 19.8 Å². The fraction of sp³-hybridized carbons (Fsp3) is 0.556. The fourth-order valence-electron chi connectivity index (χ4n) is 1.54. The van der Waals surface area contributed by atoms with Gasteiger partial charge in [0.2, 0.25) is 0 Å². The van der Waals surface area contributed by atoms with Crippen molar-refractivity contribution in [1.29, 1.82) is 0 Å². The zero-order chi connectivity index (χ0) is 7.56. The van der Waals surface area contributed by atoms with Gasteiger partial charge in [0.15, 0.2) is 0 Å². The number of aliphatic hydroxyl groups excluding tert-OH is 1. The lowest BCUT2D eigenvalue weighted by molar-refractivity contribution is 0.321. The van der Waals surface area contributed by atoms with Crippen LogP contribution in [0, 0.1) is 5.92 Å². The summed E-state index contributed by atoms with van der Waals surface area (Å²) in [6.07, 6.45) is 4.21. The minimum absolute atomic E-state index is 0.211. The van der Waals surface area contributed by atoms with Crippen LogP contribution in [-0.4, -0.2) is 11.7 Å². The van der Waals surface area contributed by atoms with E-state index in [-0.39, 0.29) is 6.61 Å². The third kappa shape index (κ3) is 1.14. The molecule has 10 heavy (non-hydrogen) atoms. The van der Waals surface area contributed by atoms with Crippen LogP contribution in [0.1, 0.15) is 19.8 Å². The number of hydrogen-bond acceptors (Lipinski definition) is 1. The van der Waals surface area contributed by atoms with Crippen molar-refractivity contribution in [2.75, 3.05) is 6.61 Å². The predicted octanol–water partition coefficient (Wildman–Crippen LogP) is 1.89. The molecule has 1 N–H and O–H groups in total. The van der Waals surface area contributed by atoms with E-state index in [4.69, 9.17) is 5.11 Å². The Morgan fingerprint density at radius 2 is 2.50 bits per heavy atom. The van der Waals surface area contributed by atoms with Gasteiger partial charge in [-0.2, -0.15) is 0 Å². The Bertz CT molecular complexity index is 168. The van der Waals surface area contributed by atoms with Gasteiger partial charge >= 0.3 is 0 Å². The summed E-state index contributed by atoms with van der Waals surface area (Å²) in [4.78, 5) is 0. The summed E-state index contributed by atoms with van der Waals surface area (Å²) in [6, 6.07) is 0. The lowest BCUT2D eigenvalue weighted by Crippen LogP contribution is -1.99. The molecule has 0 saturated heterocycles. The molecule has 0 aliphatic heterocycles. The van der Waals surface area contributed by atoms with Gasteiger partial charge in [0.05, 0.1) is 6.61 Å². The monoisotopic (exact) mass is 138 g/mol. The van der Waals surface area contributed by atoms with Crippen LogP contribution in [0.5, 0.6) is 0 Å². The third-order valence-corrected chi connectivity index (χ3v) is 2.28. The number of hydrogen-bond donors (Lipinski definition) is 1. The molecule has 0 saturated carbocycles. The topological polar surface area (TPSA) is 20.2 Å². The van der Waals surface area contributed by atoms with Crippen molar-refractivity contribution >= 4 is 0 Å². The maximum absolute atomic E-state index is 8.93. The van der Waals surface area contributed by atoms with Gasteiger partial charge in [-0.1, -0.05) is 11.6 Å².